The van der Waals surface area contributed by atoms with Crippen LogP contribution >= 0.6 is 0 Å². The van der Waals surface area contributed by atoms with Crippen LogP contribution in [-0.4, -0.2) is 39.8 Å². The van der Waals surface area contributed by atoms with Gasteiger partial charge >= 0.3 is 6.18 Å². The second-order valence-corrected chi connectivity index (χ2v) is 6.45. The second-order valence-electron chi connectivity index (χ2n) is 6.45. The smallest absolute Gasteiger partial charge is 0.368 e. The van der Waals surface area contributed by atoms with Gasteiger partial charge in [0.2, 0.25) is 0 Å². The van der Waals surface area contributed by atoms with E-state index in [-0.39, 0.29) is 11.9 Å². The van der Waals surface area contributed by atoms with Gasteiger partial charge in [-0.25, -0.2) is 4.98 Å². The van der Waals surface area contributed by atoms with Crippen molar-refractivity contribution in [2.45, 2.75) is 32.0 Å². The van der Waals surface area contributed by atoms with Gasteiger partial charge in [-0.2, -0.15) is 18.3 Å². The number of alkyl halides is 3. The van der Waals surface area contributed by atoms with Crippen molar-refractivity contribution in [1.82, 2.24) is 20.1 Å². The fourth-order valence-electron chi connectivity index (χ4n) is 3.00. The average Bonchev–Trinajstić information content (AvgIpc) is 2.94. The van der Waals surface area contributed by atoms with Crippen molar-refractivity contribution >= 4 is 11.6 Å². The predicted molar refractivity (Wildman–Crippen MR) is 89.9 cm³/mol. The van der Waals surface area contributed by atoms with Gasteiger partial charge in [0, 0.05) is 31.9 Å². The number of aryl methyl sites for hydroxylation is 2. The number of anilines is 1. The third-order valence-corrected chi connectivity index (χ3v) is 4.51. The summed E-state index contributed by atoms with van der Waals surface area (Å²) in [5, 5.41) is 7.11. The molecule has 2 aromatic heterocycles. The number of aromatic nitrogens is 3. The Hall–Kier alpha value is -2.58. The van der Waals surface area contributed by atoms with Crippen LogP contribution in [0.15, 0.2) is 24.4 Å². The van der Waals surface area contributed by atoms with E-state index in [0.717, 1.165) is 24.6 Å². The normalized spacial score (nSPS) is 18.0. The molecule has 1 amide bonds. The zero-order chi connectivity index (χ0) is 18.9. The number of halogens is 3. The van der Waals surface area contributed by atoms with Crippen molar-refractivity contribution in [3.63, 3.8) is 0 Å². The highest BCUT2D eigenvalue weighted by Gasteiger charge is 2.32. The fraction of sp³-hybridized carbons (Fsp3) is 0.471. The lowest BCUT2D eigenvalue weighted by atomic mass is 10.0. The first-order chi connectivity index (χ1) is 12.2. The lowest BCUT2D eigenvalue weighted by Gasteiger charge is -2.34. The molecule has 140 valence electrons. The van der Waals surface area contributed by atoms with E-state index in [2.05, 4.69) is 15.4 Å². The van der Waals surface area contributed by atoms with Crippen LogP contribution in [0.2, 0.25) is 0 Å². The van der Waals surface area contributed by atoms with Crippen molar-refractivity contribution in [1.29, 1.82) is 0 Å². The maximum absolute atomic E-state index is 12.6. The predicted octanol–water partition coefficient (Wildman–Crippen LogP) is 2.54. The summed E-state index contributed by atoms with van der Waals surface area (Å²) in [6.45, 7) is 3.09. The molecule has 1 aliphatic heterocycles. The van der Waals surface area contributed by atoms with Gasteiger partial charge in [0.05, 0.1) is 11.9 Å². The highest BCUT2D eigenvalue weighted by molar-refractivity contribution is 5.92. The van der Waals surface area contributed by atoms with E-state index in [4.69, 9.17) is 0 Å². The molecule has 1 saturated heterocycles. The van der Waals surface area contributed by atoms with Gasteiger partial charge < -0.3 is 10.2 Å². The molecule has 1 N–H and O–H groups in total. The Kier molecular flexibility index (Phi) is 4.88. The number of carbonyl (C=O) groups is 1. The maximum atomic E-state index is 12.6. The molecule has 1 atom stereocenters. The van der Waals surface area contributed by atoms with Crippen LogP contribution in [0.1, 0.15) is 34.7 Å². The van der Waals surface area contributed by atoms with Gasteiger partial charge in [-0.05, 0) is 38.0 Å². The summed E-state index contributed by atoms with van der Waals surface area (Å²) in [5.74, 6) is -0.244. The van der Waals surface area contributed by atoms with Crippen LogP contribution in [0.5, 0.6) is 0 Å². The van der Waals surface area contributed by atoms with Gasteiger partial charge in [0.25, 0.3) is 5.91 Å². The number of nitrogens with one attached hydrogen (secondary N) is 1. The monoisotopic (exact) mass is 367 g/mol. The lowest BCUT2D eigenvalue weighted by molar-refractivity contribution is -0.141. The van der Waals surface area contributed by atoms with E-state index in [9.17, 15) is 18.0 Å². The van der Waals surface area contributed by atoms with Crippen molar-refractivity contribution in [3.8, 4) is 0 Å². The highest BCUT2D eigenvalue weighted by atomic mass is 19.4. The van der Waals surface area contributed by atoms with Gasteiger partial charge in [-0.15, -0.1) is 0 Å². The lowest BCUT2D eigenvalue weighted by Crippen LogP contribution is -2.48. The Labute approximate surface area is 149 Å². The average molecular weight is 367 g/mol. The van der Waals surface area contributed by atoms with E-state index in [1.54, 1.807) is 17.8 Å². The molecule has 0 saturated carbocycles. The molecular formula is C17H20F3N5O. The standard InChI is InChI=1S/C17H20F3N5O/c1-11-8-14(23-24(11)2)16(26)22-12-4-3-7-25(10-12)13-5-6-15(21-9-13)17(18,19)20/h5-6,8-9,12H,3-4,7,10H2,1-2H3,(H,22,26). The van der Waals surface area contributed by atoms with Crippen LogP contribution in [0.4, 0.5) is 18.9 Å². The molecule has 2 aromatic rings. The zero-order valence-electron chi connectivity index (χ0n) is 14.5. The minimum absolute atomic E-state index is 0.0964. The molecule has 26 heavy (non-hydrogen) atoms. The molecule has 1 fully saturated rings. The molecule has 6 nitrogen and oxygen atoms in total. The van der Waals surface area contributed by atoms with Gasteiger partial charge in [0.1, 0.15) is 11.4 Å². The van der Waals surface area contributed by atoms with Crippen molar-refractivity contribution in [2.75, 3.05) is 18.0 Å². The Morgan fingerprint density at radius 1 is 1.35 bits per heavy atom. The third kappa shape index (κ3) is 3.97. The SMILES string of the molecule is Cc1cc(C(=O)NC2CCCN(c3ccc(C(F)(F)F)nc3)C2)nn1C. The molecule has 0 bridgehead atoms. The largest absolute Gasteiger partial charge is 0.433 e. The first-order valence-corrected chi connectivity index (χ1v) is 8.34. The number of hydrogen-bond acceptors (Lipinski definition) is 4. The van der Waals surface area contributed by atoms with E-state index in [1.807, 2.05) is 11.8 Å². The van der Waals surface area contributed by atoms with E-state index < -0.39 is 11.9 Å². The number of pyridine rings is 1. The second kappa shape index (κ2) is 6.97. The summed E-state index contributed by atoms with van der Waals surface area (Å²) in [6.07, 6.45) is -1.58. The summed E-state index contributed by atoms with van der Waals surface area (Å²) in [7, 11) is 1.77. The van der Waals surface area contributed by atoms with E-state index >= 15 is 0 Å². The minimum Gasteiger partial charge on any atom is -0.368 e. The van der Waals surface area contributed by atoms with Crippen molar-refractivity contribution in [3.05, 3.63) is 41.5 Å². The van der Waals surface area contributed by atoms with Crippen LogP contribution in [-0.2, 0) is 13.2 Å². The summed E-state index contributed by atoms with van der Waals surface area (Å²) >= 11 is 0. The number of nitrogens with zero attached hydrogens (tertiary/aromatic N) is 4. The van der Waals surface area contributed by atoms with E-state index in [0.29, 0.717) is 24.5 Å². The Balaban J connectivity index is 1.64. The third-order valence-electron chi connectivity index (χ3n) is 4.51. The number of carbonyl (C=O) groups excluding carboxylic acids is 1. The molecule has 9 heteroatoms. The summed E-state index contributed by atoms with van der Waals surface area (Å²) < 4.78 is 39.5. The Morgan fingerprint density at radius 3 is 2.69 bits per heavy atom. The molecule has 0 aromatic carbocycles. The fourth-order valence-corrected chi connectivity index (χ4v) is 3.00. The molecule has 0 radical (unpaired) electrons. The maximum Gasteiger partial charge on any atom is 0.433 e. The number of hydrogen-bond donors (Lipinski definition) is 1. The first-order valence-electron chi connectivity index (χ1n) is 8.34. The number of rotatable bonds is 3. The molecule has 1 unspecified atom stereocenters. The topological polar surface area (TPSA) is 63.1 Å². The van der Waals surface area contributed by atoms with E-state index in [1.165, 1.54) is 12.3 Å². The number of piperidine rings is 1. The Morgan fingerprint density at radius 2 is 2.12 bits per heavy atom. The van der Waals surface area contributed by atoms with Gasteiger partial charge in [0.15, 0.2) is 0 Å². The molecule has 0 spiro atoms. The molecule has 1 aliphatic rings. The number of amides is 1. The minimum atomic E-state index is -4.45. The summed E-state index contributed by atoms with van der Waals surface area (Å²) in [4.78, 5) is 17.8. The van der Waals surface area contributed by atoms with Crippen molar-refractivity contribution in [2.24, 2.45) is 7.05 Å². The summed E-state index contributed by atoms with van der Waals surface area (Å²) in [6, 6.07) is 4.02. The Bertz CT molecular complexity index is 765. The van der Waals surface area contributed by atoms with Crippen molar-refractivity contribution < 1.29 is 18.0 Å². The first kappa shape index (κ1) is 18.2. The molecule has 0 aliphatic carbocycles. The zero-order valence-corrected chi connectivity index (χ0v) is 14.5. The molecule has 3 heterocycles. The van der Waals surface area contributed by atoms with Crippen LogP contribution in [0, 0.1) is 6.92 Å². The quantitative estimate of drug-likeness (QED) is 0.906. The summed E-state index contributed by atoms with van der Waals surface area (Å²) in [5.41, 5.74) is 0.953. The van der Waals surface area contributed by atoms with Crippen LogP contribution < -0.4 is 10.2 Å². The van der Waals surface area contributed by atoms with Gasteiger partial charge in [-0.1, -0.05) is 0 Å². The van der Waals surface area contributed by atoms with Gasteiger partial charge in [-0.3, -0.25) is 9.48 Å². The van der Waals surface area contributed by atoms with Crippen LogP contribution in [0.3, 0.4) is 0 Å². The molecular weight excluding hydrogens is 347 g/mol. The van der Waals surface area contributed by atoms with Crippen LogP contribution in [0.25, 0.3) is 0 Å². The highest BCUT2D eigenvalue weighted by Crippen LogP contribution is 2.29. The molecule has 3 rings (SSSR count).